The van der Waals surface area contributed by atoms with Gasteiger partial charge in [0.15, 0.2) is 0 Å². The van der Waals surface area contributed by atoms with E-state index in [0.29, 0.717) is 12.8 Å². The van der Waals surface area contributed by atoms with Crippen molar-refractivity contribution in [3.05, 3.63) is 28.2 Å². The van der Waals surface area contributed by atoms with Crippen molar-refractivity contribution in [3.63, 3.8) is 0 Å². The third kappa shape index (κ3) is 1.89. The number of rotatable bonds is 2. The number of halogens is 1. The molecule has 1 fully saturated rings. The first kappa shape index (κ1) is 10.9. The van der Waals surface area contributed by atoms with Crippen molar-refractivity contribution in [1.29, 1.82) is 0 Å². The number of benzene rings is 1. The van der Waals surface area contributed by atoms with E-state index >= 15 is 0 Å². The molecule has 0 bridgehead atoms. The molecule has 4 heteroatoms. The highest BCUT2D eigenvalue weighted by molar-refractivity contribution is 9.10. The van der Waals surface area contributed by atoms with E-state index in [2.05, 4.69) is 15.9 Å². The molecule has 0 atom stereocenters. The first-order chi connectivity index (χ1) is 7.05. The summed E-state index contributed by atoms with van der Waals surface area (Å²) < 4.78 is 6.06. The summed E-state index contributed by atoms with van der Waals surface area (Å²) in [6.07, 6.45) is 0.986. The van der Waals surface area contributed by atoms with Gasteiger partial charge in [-0.1, -0.05) is 22.0 Å². The molecule has 3 nitrogen and oxygen atoms in total. The van der Waals surface area contributed by atoms with Crippen molar-refractivity contribution < 1.29 is 9.84 Å². The van der Waals surface area contributed by atoms with Crippen LogP contribution < -0.4 is 10.5 Å². The monoisotopic (exact) mass is 271 g/mol. The van der Waals surface area contributed by atoms with E-state index in [1.54, 1.807) is 7.11 Å². The highest BCUT2D eigenvalue weighted by Crippen LogP contribution is 2.42. The SMILES string of the molecule is COc1ccc(C2(N)CC(O)C2)c(Br)c1. The van der Waals surface area contributed by atoms with Gasteiger partial charge in [-0.25, -0.2) is 0 Å². The van der Waals surface area contributed by atoms with Crippen LogP contribution in [0.3, 0.4) is 0 Å². The van der Waals surface area contributed by atoms with Crippen molar-refractivity contribution >= 4 is 15.9 Å². The van der Waals surface area contributed by atoms with Crippen LogP contribution in [0.5, 0.6) is 5.75 Å². The minimum Gasteiger partial charge on any atom is -0.497 e. The molecule has 82 valence electrons. The molecule has 1 aliphatic carbocycles. The summed E-state index contributed by atoms with van der Waals surface area (Å²) in [5, 5.41) is 9.32. The molecule has 1 aliphatic rings. The predicted molar refractivity (Wildman–Crippen MR) is 61.8 cm³/mol. The highest BCUT2D eigenvalue weighted by atomic mass is 79.9. The van der Waals surface area contributed by atoms with E-state index in [9.17, 15) is 5.11 Å². The fourth-order valence-electron chi connectivity index (χ4n) is 2.03. The van der Waals surface area contributed by atoms with Gasteiger partial charge in [-0.2, -0.15) is 0 Å². The lowest BCUT2D eigenvalue weighted by atomic mass is 9.71. The Morgan fingerprint density at radius 2 is 2.20 bits per heavy atom. The molecule has 0 aromatic heterocycles. The maximum Gasteiger partial charge on any atom is 0.120 e. The number of hydrogen-bond donors (Lipinski definition) is 2. The molecule has 3 N–H and O–H groups in total. The van der Waals surface area contributed by atoms with Gasteiger partial charge in [-0.05, 0) is 30.5 Å². The number of aliphatic hydroxyl groups excluding tert-OH is 1. The Morgan fingerprint density at radius 1 is 1.53 bits per heavy atom. The Labute approximate surface area is 97.4 Å². The summed E-state index contributed by atoms with van der Waals surface area (Å²) in [6, 6.07) is 5.74. The second kappa shape index (κ2) is 3.77. The van der Waals surface area contributed by atoms with Crippen LogP contribution in [-0.2, 0) is 5.54 Å². The molecule has 2 rings (SSSR count). The van der Waals surface area contributed by atoms with Crippen molar-refractivity contribution in [2.45, 2.75) is 24.5 Å². The first-order valence-electron chi connectivity index (χ1n) is 4.86. The Hall–Kier alpha value is -0.580. The Morgan fingerprint density at radius 3 is 2.67 bits per heavy atom. The quantitative estimate of drug-likeness (QED) is 0.862. The average Bonchev–Trinajstić information content (AvgIpc) is 2.15. The zero-order valence-corrected chi connectivity index (χ0v) is 10.1. The molecular weight excluding hydrogens is 258 g/mol. The molecule has 0 unspecified atom stereocenters. The standard InChI is InChI=1S/C11H14BrNO2/c1-15-8-2-3-9(10(12)4-8)11(13)5-7(14)6-11/h2-4,7,14H,5-6,13H2,1H3. The second-order valence-corrected chi connectivity index (χ2v) is 4.92. The zero-order chi connectivity index (χ0) is 11.1. The van der Waals surface area contributed by atoms with Gasteiger partial charge in [0.05, 0.1) is 13.2 Å². The summed E-state index contributed by atoms with van der Waals surface area (Å²) in [7, 11) is 1.63. The molecule has 0 radical (unpaired) electrons. The van der Waals surface area contributed by atoms with Gasteiger partial charge in [0.1, 0.15) is 5.75 Å². The predicted octanol–water partition coefficient (Wildman–Crippen LogP) is 1.77. The topological polar surface area (TPSA) is 55.5 Å². The Balaban J connectivity index is 2.29. The minimum absolute atomic E-state index is 0.260. The van der Waals surface area contributed by atoms with Gasteiger partial charge in [0, 0.05) is 10.0 Å². The highest BCUT2D eigenvalue weighted by Gasteiger charge is 2.42. The lowest BCUT2D eigenvalue weighted by Crippen LogP contribution is -2.51. The van der Waals surface area contributed by atoms with E-state index in [4.69, 9.17) is 10.5 Å². The first-order valence-corrected chi connectivity index (χ1v) is 5.65. The van der Waals surface area contributed by atoms with Crippen LogP contribution in [0.15, 0.2) is 22.7 Å². The summed E-state index contributed by atoms with van der Waals surface area (Å²) in [6.45, 7) is 0. The molecule has 15 heavy (non-hydrogen) atoms. The average molecular weight is 272 g/mol. The Kier molecular flexibility index (Phi) is 2.75. The molecule has 0 aliphatic heterocycles. The fraction of sp³-hybridized carbons (Fsp3) is 0.455. The van der Waals surface area contributed by atoms with Gasteiger partial charge in [-0.15, -0.1) is 0 Å². The summed E-state index contributed by atoms with van der Waals surface area (Å²) in [4.78, 5) is 0. The van der Waals surface area contributed by atoms with E-state index in [1.165, 1.54) is 0 Å². The molecular formula is C11H14BrNO2. The van der Waals surface area contributed by atoms with Crippen molar-refractivity contribution in [2.75, 3.05) is 7.11 Å². The molecule has 1 aromatic carbocycles. The Bertz CT molecular complexity index is 375. The third-order valence-corrected chi connectivity index (χ3v) is 3.57. The van der Waals surface area contributed by atoms with Gasteiger partial charge < -0.3 is 15.6 Å². The lowest BCUT2D eigenvalue weighted by Gasteiger charge is -2.43. The maximum atomic E-state index is 9.32. The van der Waals surface area contributed by atoms with Crippen LogP contribution in [0.2, 0.25) is 0 Å². The second-order valence-electron chi connectivity index (χ2n) is 4.06. The molecule has 0 amide bonds. The smallest absolute Gasteiger partial charge is 0.120 e. The van der Waals surface area contributed by atoms with E-state index in [0.717, 1.165) is 15.8 Å². The van der Waals surface area contributed by atoms with Crippen LogP contribution in [0.25, 0.3) is 0 Å². The van der Waals surface area contributed by atoms with E-state index in [1.807, 2.05) is 18.2 Å². The number of nitrogens with two attached hydrogens (primary N) is 1. The van der Waals surface area contributed by atoms with Gasteiger partial charge >= 0.3 is 0 Å². The number of hydrogen-bond acceptors (Lipinski definition) is 3. The zero-order valence-electron chi connectivity index (χ0n) is 8.53. The van der Waals surface area contributed by atoms with Crippen LogP contribution in [0, 0.1) is 0 Å². The third-order valence-electron chi connectivity index (χ3n) is 2.91. The maximum absolute atomic E-state index is 9.32. The normalized spacial score (nSPS) is 29.7. The summed E-state index contributed by atoms with van der Waals surface area (Å²) >= 11 is 3.48. The molecule has 0 saturated heterocycles. The fourth-order valence-corrected chi connectivity index (χ4v) is 2.78. The van der Waals surface area contributed by atoms with Crippen LogP contribution in [0.4, 0.5) is 0 Å². The lowest BCUT2D eigenvalue weighted by molar-refractivity contribution is 0.0206. The molecule has 0 heterocycles. The van der Waals surface area contributed by atoms with Gasteiger partial charge in [0.25, 0.3) is 0 Å². The van der Waals surface area contributed by atoms with E-state index in [-0.39, 0.29) is 11.6 Å². The number of methoxy groups -OCH3 is 1. The van der Waals surface area contributed by atoms with Gasteiger partial charge in [0.2, 0.25) is 0 Å². The van der Waals surface area contributed by atoms with Gasteiger partial charge in [-0.3, -0.25) is 0 Å². The van der Waals surface area contributed by atoms with Crippen molar-refractivity contribution in [2.24, 2.45) is 5.73 Å². The van der Waals surface area contributed by atoms with Crippen LogP contribution in [-0.4, -0.2) is 18.3 Å². The summed E-state index contributed by atoms with van der Waals surface area (Å²) in [5.41, 5.74) is 6.83. The molecule has 0 spiro atoms. The summed E-state index contributed by atoms with van der Waals surface area (Å²) in [5.74, 6) is 0.800. The van der Waals surface area contributed by atoms with E-state index < -0.39 is 0 Å². The molecule has 1 saturated carbocycles. The number of aliphatic hydroxyl groups is 1. The minimum atomic E-state index is -0.384. The largest absolute Gasteiger partial charge is 0.497 e. The van der Waals surface area contributed by atoms with Crippen molar-refractivity contribution in [1.82, 2.24) is 0 Å². The van der Waals surface area contributed by atoms with Crippen LogP contribution in [0.1, 0.15) is 18.4 Å². The molecule has 1 aromatic rings. The van der Waals surface area contributed by atoms with Crippen LogP contribution >= 0.6 is 15.9 Å². The number of ether oxygens (including phenoxy) is 1. The van der Waals surface area contributed by atoms with Crippen molar-refractivity contribution in [3.8, 4) is 5.75 Å².